The molecule has 192 valence electrons. The van der Waals surface area contributed by atoms with E-state index in [9.17, 15) is 18.0 Å². The van der Waals surface area contributed by atoms with E-state index in [1.54, 1.807) is 12.3 Å². The zero-order chi connectivity index (χ0) is 26.3. The van der Waals surface area contributed by atoms with E-state index < -0.39 is 12.1 Å². The number of alkyl halides is 3. The SMILES string of the molecule is Cc1cc(NC(=O)/C=C/c2cnn(-c3ccccc3)n2)n(C2CCN(C)CC2)n1.O=C(O)C(F)(F)F. The fourth-order valence-electron chi connectivity index (χ4n) is 3.49. The van der Waals surface area contributed by atoms with E-state index in [0.29, 0.717) is 11.7 Å². The average Bonchev–Trinajstić information content (AvgIpc) is 3.45. The van der Waals surface area contributed by atoms with Gasteiger partial charge in [-0.2, -0.15) is 28.2 Å². The number of nitrogens with one attached hydrogen (secondary N) is 1. The lowest BCUT2D eigenvalue weighted by atomic mass is 10.1. The molecule has 3 heterocycles. The minimum atomic E-state index is -5.08. The lowest BCUT2D eigenvalue weighted by molar-refractivity contribution is -0.192. The minimum absolute atomic E-state index is 0.215. The first-order chi connectivity index (χ1) is 17.0. The molecule has 0 aliphatic carbocycles. The number of para-hydroxylation sites is 1. The highest BCUT2D eigenvalue weighted by atomic mass is 19.4. The molecule has 0 unspecified atom stereocenters. The average molecular weight is 506 g/mol. The molecule has 0 spiro atoms. The monoisotopic (exact) mass is 505 g/mol. The molecule has 13 heteroatoms. The number of piperidine rings is 1. The third-order valence-corrected chi connectivity index (χ3v) is 5.29. The van der Waals surface area contributed by atoms with Gasteiger partial charge in [-0.1, -0.05) is 18.2 Å². The van der Waals surface area contributed by atoms with Crippen LogP contribution in [0.2, 0.25) is 0 Å². The second-order valence-corrected chi connectivity index (χ2v) is 8.17. The predicted octanol–water partition coefficient (Wildman–Crippen LogP) is 3.32. The van der Waals surface area contributed by atoms with Crippen LogP contribution in [-0.4, -0.2) is 73.0 Å². The largest absolute Gasteiger partial charge is 0.490 e. The van der Waals surface area contributed by atoms with Crippen molar-refractivity contribution in [1.29, 1.82) is 0 Å². The molecular weight excluding hydrogens is 479 g/mol. The number of amides is 1. The standard InChI is InChI=1S/C21H25N7O.C2HF3O2/c1-16-14-20(27(24-16)18-10-12-26(2)13-11-18)23-21(29)9-8-17-15-22-28(25-17)19-6-4-3-5-7-19;3-2(4,5)1(6)7/h3-9,14-15,18H,10-13H2,1-2H3,(H,23,29);(H,6,7)/b9-8+;. The van der Waals surface area contributed by atoms with Gasteiger partial charge in [0, 0.05) is 12.1 Å². The minimum Gasteiger partial charge on any atom is -0.475 e. The second-order valence-electron chi connectivity index (χ2n) is 8.17. The molecule has 2 aromatic heterocycles. The first-order valence-electron chi connectivity index (χ1n) is 11.0. The Morgan fingerprint density at radius 3 is 2.39 bits per heavy atom. The summed E-state index contributed by atoms with van der Waals surface area (Å²) in [6, 6.07) is 11.9. The van der Waals surface area contributed by atoms with Crippen molar-refractivity contribution >= 4 is 23.8 Å². The summed E-state index contributed by atoms with van der Waals surface area (Å²) in [6.07, 6.45) is 1.73. The van der Waals surface area contributed by atoms with Crippen molar-refractivity contribution in [3.05, 3.63) is 60.1 Å². The van der Waals surface area contributed by atoms with Crippen LogP contribution in [0.4, 0.5) is 19.0 Å². The lowest BCUT2D eigenvalue weighted by Gasteiger charge is -2.29. The predicted molar refractivity (Wildman–Crippen MR) is 125 cm³/mol. The van der Waals surface area contributed by atoms with Gasteiger partial charge in [0.05, 0.1) is 23.6 Å². The number of aromatic nitrogens is 5. The maximum atomic E-state index is 12.5. The summed E-state index contributed by atoms with van der Waals surface area (Å²) in [5, 5.41) is 23.3. The van der Waals surface area contributed by atoms with Crippen molar-refractivity contribution in [1.82, 2.24) is 29.7 Å². The molecule has 0 saturated carbocycles. The number of benzene rings is 1. The van der Waals surface area contributed by atoms with Crippen LogP contribution in [0.15, 0.2) is 48.7 Å². The molecule has 2 N–H and O–H groups in total. The third-order valence-electron chi connectivity index (χ3n) is 5.29. The molecule has 0 bridgehead atoms. The number of carboxylic acids is 1. The van der Waals surface area contributed by atoms with E-state index >= 15 is 0 Å². The molecule has 1 amide bonds. The number of anilines is 1. The highest BCUT2D eigenvalue weighted by Crippen LogP contribution is 2.25. The normalized spacial score (nSPS) is 14.9. The maximum Gasteiger partial charge on any atom is 0.490 e. The number of likely N-dealkylation sites (tertiary alicyclic amines) is 1. The first kappa shape index (κ1) is 26.6. The molecule has 3 aromatic rings. The van der Waals surface area contributed by atoms with Gasteiger partial charge in [-0.3, -0.25) is 4.79 Å². The molecule has 36 heavy (non-hydrogen) atoms. The van der Waals surface area contributed by atoms with Gasteiger partial charge >= 0.3 is 12.1 Å². The van der Waals surface area contributed by atoms with Crippen LogP contribution in [0.5, 0.6) is 0 Å². The van der Waals surface area contributed by atoms with E-state index in [2.05, 4.69) is 32.6 Å². The summed E-state index contributed by atoms with van der Waals surface area (Å²) in [5.41, 5.74) is 2.38. The molecule has 0 atom stereocenters. The van der Waals surface area contributed by atoms with Gasteiger partial charge < -0.3 is 15.3 Å². The van der Waals surface area contributed by atoms with E-state index in [1.165, 1.54) is 10.9 Å². The first-order valence-corrected chi connectivity index (χ1v) is 11.0. The Morgan fingerprint density at radius 2 is 1.78 bits per heavy atom. The Labute approximate surface area is 205 Å². The number of carbonyl (C=O) groups excluding carboxylic acids is 1. The van der Waals surface area contributed by atoms with Gasteiger partial charge in [0.1, 0.15) is 11.5 Å². The topological polar surface area (TPSA) is 118 Å². The molecule has 1 fully saturated rings. The number of rotatable bonds is 5. The number of aryl methyl sites for hydroxylation is 1. The number of hydrogen-bond donors (Lipinski definition) is 2. The smallest absolute Gasteiger partial charge is 0.475 e. The fraction of sp³-hybridized carbons (Fsp3) is 0.348. The fourth-order valence-corrected chi connectivity index (χ4v) is 3.49. The Balaban J connectivity index is 0.000000454. The van der Waals surface area contributed by atoms with E-state index in [1.807, 2.05) is 48.0 Å². The van der Waals surface area contributed by atoms with Gasteiger partial charge in [-0.25, -0.2) is 9.48 Å². The van der Waals surface area contributed by atoms with Gasteiger partial charge in [0.15, 0.2) is 0 Å². The van der Waals surface area contributed by atoms with E-state index in [0.717, 1.165) is 43.1 Å². The summed E-state index contributed by atoms with van der Waals surface area (Å²) in [5.74, 6) is -2.24. The van der Waals surface area contributed by atoms with Crippen molar-refractivity contribution in [3.8, 4) is 5.69 Å². The van der Waals surface area contributed by atoms with Crippen LogP contribution in [-0.2, 0) is 9.59 Å². The summed E-state index contributed by atoms with van der Waals surface area (Å²) >= 11 is 0. The van der Waals surface area contributed by atoms with E-state index in [-0.39, 0.29) is 5.91 Å². The van der Waals surface area contributed by atoms with Crippen molar-refractivity contribution in [3.63, 3.8) is 0 Å². The molecule has 4 rings (SSSR count). The summed E-state index contributed by atoms with van der Waals surface area (Å²) in [4.78, 5) is 25.2. The zero-order valence-corrected chi connectivity index (χ0v) is 19.7. The number of nitrogens with zero attached hydrogens (tertiary/aromatic N) is 6. The Bertz CT molecular complexity index is 1200. The molecule has 0 radical (unpaired) electrons. The highest BCUT2D eigenvalue weighted by Gasteiger charge is 2.38. The van der Waals surface area contributed by atoms with Gasteiger partial charge in [0.25, 0.3) is 0 Å². The van der Waals surface area contributed by atoms with Crippen LogP contribution in [0.1, 0.15) is 30.3 Å². The Hall–Kier alpha value is -4.00. The van der Waals surface area contributed by atoms with Crippen LogP contribution in [0.3, 0.4) is 0 Å². The summed E-state index contributed by atoms with van der Waals surface area (Å²) < 4.78 is 33.7. The second kappa shape index (κ2) is 11.6. The number of halogens is 3. The number of carboxylic acid groups (broad SMARTS) is 1. The Kier molecular flexibility index (Phi) is 8.59. The van der Waals surface area contributed by atoms with Gasteiger partial charge in [-0.05, 0) is 58.1 Å². The zero-order valence-electron chi connectivity index (χ0n) is 19.7. The van der Waals surface area contributed by atoms with Gasteiger partial charge in [-0.15, -0.1) is 5.10 Å². The third kappa shape index (κ3) is 7.50. The summed E-state index contributed by atoms with van der Waals surface area (Å²) in [7, 11) is 2.13. The van der Waals surface area contributed by atoms with Crippen molar-refractivity contribution in [2.45, 2.75) is 32.0 Å². The highest BCUT2D eigenvalue weighted by molar-refractivity contribution is 6.01. The van der Waals surface area contributed by atoms with Crippen LogP contribution < -0.4 is 5.32 Å². The van der Waals surface area contributed by atoms with Crippen molar-refractivity contribution in [2.75, 3.05) is 25.5 Å². The number of aliphatic carboxylic acids is 1. The summed E-state index contributed by atoms with van der Waals surface area (Å²) in [6.45, 7) is 4.01. The van der Waals surface area contributed by atoms with Gasteiger partial charge in [0.2, 0.25) is 5.91 Å². The molecule has 1 aliphatic heterocycles. The van der Waals surface area contributed by atoms with Crippen LogP contribution >= 0.6 is 0 Å². The molecule has 1 saturated heterocycles. The quantitative estimate of drug-likeness (QED) is 0.511. The van der Waals surface area contributed by atoms with E-state index in [4.69, 9.17) is 9.90 Å². The molecule has 1 aliphatic rings. The van der Waals surface area contributed by atoms with Crippen molar-refractivity contribution in [2.24, 2.45) is 0 Å². The number of hydrogen-bond acceptors (Lipinski definition) is 6. The Morgan fingerprint density at radius 1 is 1.14 bits per heavy atom. The van der Waals surface area contributed by atoms with Crippen molar-refractivity contribution < 1.29 is 27.9 Å². The van der Waals surface area contributed by atoms with Crippen LogP contribution in [0.25, 0.3) is 11.8 Å². The molecule has 1 aromatic carbocycles. The molecular formula is C23H26F3N7O3. The van der Waals surface area contributed by atoms with Crippen LogP contribution in [0, 0.1) is 6.92 Å². The lowest BCUT2D eigenvalue weighted by Crippen LogP contribution is -2.32. The number of carbonyl (C=O) groups is 2. The maximum absolute atomic E-state index is 12.5. The molecule has 10 nitrogen and oxygen atoms in total.